The molecule has 0 spiro atoms. The van der Waals surface area contributed by atoms with E-state index >= 15 is 0 Å². The van der Waals surface area contributed by atoms with Crippen molar-refractivity contribution in [3.63, 3.8) is 0 Å². The van der Waals surface area contributed by atoms with Crippen LogP contribution in [-0.4, -0.2) is 22.6 Å². The molecule has 0 saturated carbocycles. The average molecular weight is 284 g/mol. The van der Waals surface area contributed by atoms with Crippen LogP contribution < -0.4 is 0 Å². The summed E-state index contributed by atoms with van der Waals surface area (Å²) in [5, 5.41) is 8.44. The van der Waals surface area contributed by atoms with Crippen molar-refractivity contribution < 1.29 is 19.1 Å². The number of hydrogen-bond acceptors (Lipinski definition) is 4. The lowest BCUT2D eigenvalue weighted by Gasteiger charge is -2.34. The highest BCUT2D eigenvalue weighted by atomic mass is 16.5. The van der Waals surface area contributed by atoms with Gasteiger partial charge in [0.05, 0.1) is 11.2 Å². The molecular weight excluding hydrogens is 256 g/mol. The van der Waals surface area contributed by atoms with Crippen LogP contribution in [-0.2, 0) is 11.3 Å². The third-order valence-electron chi connectivity index (χ3n) is 3.21. The molecule has 0 fully saturated rings. The third-order valence-corrected chi connectivity index (χ3v) is 3.21. The molecule has 0 aliphatic carbocycles. The fourth-order valence-electron chi connectivity index (χ4n) is 1.44. The van der Waals surface area contributed by atoms with Crippen molar-refractivity contribution >= 4 is 6.29 Å². The highest BCUT2D eigenvalue weighted by Crippen LogP contribution is 2.24. The number of hydrogen-bond donors (Lipinski definition) is 1. The molecule has 4 heteroatoms. The van der Waals surface area contributed by atoms with E-state index in [1.165, 1.54) is 6.07 Å². The van der Waals surface area contributed by atoms with Crippen LogP contribution in [0, 0.1) is 0 Å². The van der Waals surface area contributed by atoms with E-state index in [1.54, 1.807) is 6.07 Å². The smallest absolute Gasteiger partial charge is 0.185 e. The molecule has 0 unspecified atom stereocenters. The van der Waals surface area contributed by atoms with Crippen molar-refractivity contribution in [2.45, 2.75) is 72.2 Å². The Morgan fingerprint density at radius 3 is 1.90 bits per heavy atom. The number of furan rings is 1. The van der Waals surface area contributed by atoms with Gasteiger partial charge in [-0.15, -0.1) is 0 Å². The Labute approximate surface area is 122 Å². The summed E-state index contributed by atoms with van der Waals surface area (Å²) < 4.78 is 10.7. The molecule has 1 rings (SSSR count). The lowest BCUT2D eigenvalue weighted by atomic mass is 10.0. The zero-order chi connectivity index (χ0) is 15.8. The maximum absolute atomic E-state index is 9.96. The van der Waals surface area contributed by atoms with Crippen LogP contribution in [0.4, 0.5) is 0 Å². The van der Waals surface area contributed by atoms with E-state index < -0.39 is 0 Å². The van der Waals surface area contributed by atoms with E-state index in [0.29, 0.717) is 12.0 Å². The summed E-state index contributed by atoms with van der Waals surface area (Å²) >= 11 is 0. The summed E-state index contributed by atoms with van der Waals surface area (Å²) in [4.78, 5) is 9.96. The van der Waals surface area contributed by atoms with Crippen molar-refractivity contribution in [2.24, 2.45) is 0 Å². The fraction of sp³-hybridized carbons (Fsp3) is 0.688. The van der Waals surface area contributed by atoms with E-state index in [4.69, 9.17) is 14.3 Å². The summed E-state index contributed by atoms with van der Waals surface area (Å²) in [6.45, 7) is 12.7. The van der Waals surface area contributed by atoms with Gasteiger partial charge in [0.15, 0.2) is 12.0 Å². The zero-order valence-corrected chi connectivity index (χ0v) is 13.5. The molecule has 0 atom stereocenters. The van der Waals surface area contributed by atoms with Gasteiger partial charge in [0.1, 0.15) is 12.4 Å². The number of carbonyl (C=O) groups excluding carboxylic acids is 1. The Hall–Kier alpha value is -1.13. The van der Waals surface area contributed by atoms with E-state index in [-0.39, 0.29) is 23.6 Å². The van der Waals surface area contributed by atoms with Crippen LogP contribution in [0.25, 0.3) is 0 Å². The molecule has 0 saturated heterocycles. The second-order valence-electron chi connectivity index (χ2n) is 5.91. The molecule has 0 amide bonds. The maximum Gasteiger partial charge on any atom is 0.185 e. The van der Waals surface area contributed by atoms with Gasteiger partial charge in [0, 0.05) is 0 Å². The molecule has 4 nitrogen and oxygen atoms in total. The second-order valence-corrected chi connectivity index (χ2v) is 5.91. The number of ether oxygens (including phenoxy) is 1. The molecule has 0 aromatic carbocycles. The number of rotatable bonds is 6. The van der Waals surface area contributed by atoms with Crippen molar-refractivity contribution in [1.82, 2.24) is 0 Å². The highest BCUT2D eigenvalue weighted by Gasteiger charge is 2.25. The number of aliphatic hydroxyl groups excluding tert-OH is 1. The molecule has 1 aromatic rings. The van der Waals surface area contributed by atoms with Gasteiger partial charge in [-0.2, -0.15) is 0 Å². The van der Waals surface area contributed by atoms with E-state index in [1.807, 2.05) is 0 Å². The molecule has 116 valence electrons. The van der Waals surface area contributed by atoms with Crippen molar-refractivity contribution in [2.75, 3.05) is 0 Å². The normalized spacial score (nSPS) is 11.8. The summed E-state index contributed by atoms with van der Waals surface area (Å²) in [5.41, 5.74) is 0.0546. The molecule has 1 N–H and O–H groups in total. The molecule has 1 heterocycles. The van der Waals surface area contributed by atoms with E-state index in [0.717, 1.165) is 12.8 Å². The Balaban J connectivity index is 0.000000367. The van der Waals surface area contributed by atoms with Crippen LogP contribution in [0.5, 0.6) is 0 Å². The minimum absolute atomic E-state index is 0.0273. The molecule has 1 aromatic heterocycles. The highest BCUT2D eigenvalue weighted by molar-refractivity contribution is 5.70. The molecule has 20 heavy (non-hydrogen) atoms. The van der Waals surface area contributed by atoms with Gasteiger partial charge in [-0.05, 0) is 52.7 Å². The fourth-order valence-corrected chi connectivity index (χ4v) is 1.44. The maximum atomic E-state index is 9.96. The van der Waals surface area contributed by atoms with Crippen LogP contribution in [0.1, 0.15) is 70.7 Å². The third kappa shape index (κ3) is 7.46. The Morgan fingerprint density at radius 1 is 1.15 bits per heavy atom. The van der Waals surface area contributed by atoms with Gasteiger partial charge < -0.3 is 14.3 Å². The minimum atomic E-state index is -0.159. The standard InChI is InChI=1S/C10H22O.C6H6O3/c1-7-9(3,4)11-10(5,6)8-2;7-3-5-1-2-6(4-8)9-5/h7-8H2,1-6H3;1-3,8H,4H2. The number of aliphatic hydroxyl groups is 1. The van der Waals surface area contributed by atoms with Gasteiger partial charge in [0.2, 0.25) is 0 Å². The van der Waals surface area contributed by atoms with Gasteiger partial charge >= 0.3 is 0 Å². The van der Waals surface area contributed by atoms with Crippen molar-refractivity contribution in [3.05, 3.63) is 23.7 Å². The van der Waals surface area contributed by atoms with Crippen LogP contribution in [0.3, 0.4) is 0 Å². The second kappa shape index (κ2) is 8.22. The predicted octanol–water partition coefficient (Wildman–Crippen LogP) is 3.96. The first-order valence-corrected chi connectivity index (χ1v) is 7.04. The van der Waals surface area contributed by atoms with E-state index in [9.17, 15) is 4.79 Å². The van der Waals surface area contributed by atoms with E-state index in [2.05, 4.69) is 41.5 Å². The summed E-state index contributed by atoms with van der Waals surface area (Å²) in [7, 11) is 0. The lowest BCUT2D eigenvalue weighted by Crippen LogP contribution is -2.35. The van der Waals surface area contributed by atoms with Crippen LogP contribution >= 0.6 is 0 Å². The summed E-state index contributed by atoms with van der Waals surface area (Å²) in [5.74, 6) is 0.663. The lowest BCUT2D eigenvalue weighted by molar-refractivity contribution is -0.124. The molecular formula is C16H28O4. The SMILES string of the molecule is CCC(C)(C)OC(C)(C)CC.O=Cc1ccc(CO)o1. The average Bonchev–Trinajstić information content (AvgIpc) is 2.86. The van der Waals surface area contributed by atoms with Gasteiger partial charge in [-0.1, -0.05) is 13.8 Å². The van der Waals surface area contributed by atoms with Crippen molar-refractivity contribution in [1.29, 1.82) is 0 Å². The monoisotopic (exact) mass is 284 g/mol. The number of aldehydes is 1. The van der Waals surface area contributed by atoms with Gasteiger partial charge in [0.25, 0.3) is 0 Å². The molecule has 0 radical (unpaired) electrons. The molecule has 0 aliphatic rings. The topological polar surface area (TPSA) is 59.7 Å². The first-order chi connectivity index (χ1) is 9.19. The minimum Gasteiger partial charge on any atom is -0.456 e. The molecule has 0 aliphatic heterocycles. The largest absolute Gasteiger partial charge is 0.456 e. The van der Waals surface area contributed by atoms with Crippen LogP contribution in [0.15, 0.2) is 16.5 Å². The Bertz CT molecular complexity index is 377. The van der Waals surface area contributed by atoms with Gasteiger partial charge in [-0.25, -0.2) is 0 Å². The van der Waals surface area contributed by atoms with Gasteiger partial charge in [-0.3, -0.25) is 4.79 Å². The Kier molecular flexibility index (Phi) is 7.76. The zero-order valence-electron chi connectivity index (χ0n) is 13.5. The van der Waals surface area contributed by atoms with Crippen molar-refractivity contribution in [3.8, 4) is 0 Å². The first-order valence-electron chi connectivity index (χ1n) is 7.04. The summed E-state index contributed by atoms with van der Waals surface area (Å²) in [6.07, 6.45) is 2.73. The molecule has 0 bridgehead atoms. The first kappa shape index (κ1) is 18.9. The van der Waals surface area contributed by atoms with Crippen LogP contribution in [0.2, 0.25) is 0 Å². The number of carbonyl (C=O) groups is 1. The summed E-state index contributed by atoms with van der Waals surface area (Å²) in [6, 6.07) is 3.07. The quantitative estimate of drug-likeness (QED) is 0.803. The Morgan fingerprint density at radius 2 is 1.65 bits per heavy atom. The predicted molar refractivity (Wildman–Crippen MR) is 79.8 cm³/mol.